The maximum absolute atomic E-state index is 12.6. The molecule has 4 heterocycles. The molecule has 1 amide bonds. The van der Waals surface area contributed by atoms with Gasteiger partial charge in [-0.2, -0.15) is 5.10 Å². The fourth-order valence-corrected chi connectivity index (χ4v) is 3.37. The third-order valence-electron chi connectivity index (χ3n) is 4.61. The van der Waals surface area contributed by atoms with E-state index in [4.69, 9.17) is 0 Å². The van der Waals surface area contributed by atoms with Crippen molar-refractivity contribution in [2.24, 2.45) is 0 Å². The van der Waals surface area contributed by atoms with Gasteiger partial charge in [0.2, 0.25) is 5.91 Å². The van der Waals surface area contributed by atoms with Crippen molar-refractivity contribution in [3.8, 4) is 11.5 Å². The molecule has 1 aliphatic heterocycles. The molecule has 0 radical (unpaired) electrons. The Labute approximate surface area is 151 Å². The van der Waals surface area contributed by atoms with Crippen LogP contribution in [0.3, 0.4) is 0 Å². The van der Waals surface area contributed by atoms with Gasteiger partial charge in [-0.05, 0) is 31.5 Å². The summed E-state index contributed by atoms with van der Waals surface area (Å²) in [5.41, 5.74) is 0.803. The highest BCUT2D eigenvalue weighted by Crippen LogP contribution is 2.26. The lowest BCUT2D eigenvalue weighted by atomic mass is 10.2. The van der Waals surface area contributed by atoms with Crippen molar-refractivity contribution in [3.63, 3.8) is 0 Å². The van der Waals surface area contributed by atoms with Gasteiger partial charge in [0.25, 0.3) is 0 Å². The van der Waals surface area contributed by atoms with Gasteiger partial charge in [-0.1, -0.05) is 6.07 Å². The van der Waals surface area contributed by atoms with Crippen molar-refractivity contribution in [2.75, 3.05) is 6.54 Å². The van der Waals surface area contributed by atoms with E-state index in [1.807, 2.05) is 40.0 Å². The Morgan fingerprint density at radius 2 is 2.15 bits per heavy atom. The molecule has 134 valence electrons. The van der Waals surface area contributed by atoms with E-state index in [0.29, 0.717) is 19.5 Å². The summed E-state index contributed by atoms with van der Waals surface area (Å²) in [6.07, 6.45) is 6.69. The zero-order valence-electron chi connectivity index (χ0n) is 14.7. The van der Waals surface area contributed by atoms with Gasteiger partial charge in [0.15, 0.2) is 11.6 Å². The van der Waals surface area contributed by atoms with Crippen LogP contribution in [0.15, 0.2) is 42.9 Å². The second-order valence-corrected chi connectivity index (χ2v) is 6.52. The van der Waals surface area contributed by atoms with Crippen LogP contribution in [0, 0.1) is 0 Å². The van der Waals surface area contributed by atoms with Crippen molar-refractivity contribution in [2.45, 2.75) is 38.9 Å². The average molecular weight is 351 g/mol. The number of carbonyl (C=O) groups excluding carboxylic acids is 1. The Morgan fingerprint density at radius 3 is 2.92 bits per heavy atom. The van der Waals surface area contributed by atoms with Crippen LogP contribution in [-0.4, -0.2) is 46.9 Å². The van der Waals surface area contributed by atoms with Crippen molar-refractivity contribution in [1.82, 2.24) is 34.4 Å². The molecular formula is C18H21N7O. The van der Waals surface area contributed by atoms with Gasteiger partial charge in [-0.3, -0.25) is 14.5 Å². The monoisotopic (exact) mass is 351 g/mol. The summed E-state index contributed by atoms with van der Waals surface area (Å²) in [7, 11) is 0. The van der Waals surface area contributed by atoms with Crippen molar-refractivity contribution < 1.29 is 4.79 Å². The quantitative estimate of drug-likeness (QED) is 0.701. The fourth-order valence-electron chi connectivity index (χ4n) is 3.37. The number of rotatable bonds is 5. The highest BCUT2D eigenvalue weighted by Gasteiger charge is 2.29. The van der Waals surface area contributed by atoms with Crippen LogP contribution in [0.1, 0.15) is 31.6 Å². The molecule has 8 nitrogen and oxygen atoms in total. The van der Waals surface area contributed by atoms with Gasteiger partial charge in [0.1, 0.15) is 5.69 Å². The lowest BCUT2D eigenvalue weighted by Gasteiger charge is -2.32. The molecule has 0 aliphatic carbocycles. The third-order valence-corrected chi connectivity index (χ3v) is 4.61. The molecular weight excluding hydrogens is 330 g/mol. The molecule has 8 heteroatoms. The summed E-state index contributed by atoms with van der Waals surface area (Å²) in [4.78, 5) is 18.8. The van der Waals surface area contributed by atoms with Gasteiger partial charge in [0.05, 0.1) is 12.6 Å². The average Bonchev–Trinajstić information content (AvgIpc) is 3.32. The van der Waals surface area contributed by atoms with E-state index < -0.39 is 0 Å². The molecule has 0 N–H and O–H groups in total. The fraction of sp³-hybridized carbons (Fsp3) is 0.389. The number of aryl methyl sites for hydroxylation is 1. The molecule has 0 bridgehead atoms. The van der Waals surface area contributed by atoms with Crippen LogP contribution in [0.2, 0.25) is 0 Å². The smallest absolute Gasteiger partial charge is 0.223 e. The predicted molar refractivity (Wildman–Crippen MR) is 94.8 cm³/mol. The van der Waals surface area contributed by atoms with E-state index in [0.717, 1.165) is 30.3 Å². The molecule has 0 spiro atoms. The zero-order valence-corrected chi connectivity index (χ0v) is 14.7. The summed E-state index contributed by atoms with van der Waals surface area (Å²) in [6, 6.07) is 7.74. The predicted octanol–water partition coefficient (Wildman–Crippen LogP) is 1.92. The highest BCUT2D eigenvalue weighted by atomic mass is 16.2. The second kappa shape index (κ2) is 7.07. The first-order chi connectivity index (χ1) is 12.7. The minimum Gasteiger partial charge on any atom is -0.333 e. The number of amides is 1. The summed E-state index contributed by atoms with van der Waals surface area (Å²) in [5, 5.41) is 12.8. The number of nitrogens with zero attached hydrogens (tertiary/aromatic N) is 7. The molecule has 0 fully saturated rings. The molecule has 0 aromatic carbocycles. The molecule has 1 aliphatic rings. The molecule has 26 heavy (non-hydrogen) atoms. The number of carbonyl (C=O) groups is 1. The van der Waals surface area contributed by atoms with Gasteiger partial charge in [-0.15, -0.1) is 10.2 Å². The van der Waals surface area contributed by atoms with Crippen LogP contribution >= 0.6 is 0 Å². The molecule has 0 saturated heterocycles. The summed E-state index contributed by atoms with van der Waals surface area (Å²) in [5.74, 6) is 1.72. The van der Waals surface area contributed by atoms with Gasteiger partial charge < -0.3 is 9.47 Å². The van der Waals surface area contributed by atoms with Gasteiger partial charge >= 0.3 is 0 Å². The van der Waals surface area contributed by atoms with Crippen LogP contribution < -0.4 is 0 Å². The number of pyridine rings is 1. The first-order valence-electron chi connectivity index (χ1n) is 8.83. The topological polar surface area (TPSA) is 81.7 Å². The third kappa shape index (κ3) is 3.22. The Balaban J connectivity index is 1.43. The van der Waals surface area contributed by atoms with Gasteiger partial charge in [-0.25, -0.2) is 0 Å². The summed E-state index contributed by atoms with van der Waals surface area (Å²) >= 11 is 0. The lowest BCUT2D eigenvalue weighted by molar-refractivity contribution is -0.133. The van der Waals surface area contributed by atoms with E-state index in [2.05, 4.69) is 31.8 Å². The van der Waals surface area contributed by atoms with Gasteiger partial charge in [0, 0.05) is 38.1 Å². The Bertz CT molecular complexity index is 872. The number of hydrogen-bond donors (Lipinski definition) is 0. The standard InChI is InChI=1S/C18H21N7O/c1-14-12-23(17(26)7-4-10-24-11-5-9-20-24)13-16-21-22-18(25(14)16)15-6-2-3-8-19-15/h2-3,5-6,8-9,11,14H,4,7,10,12-13H2,1H3/t14-/m0/s1. The summed E-state index contributed by atoms with van der Waals surface area (Å²) in [6.45, 7) is 3.99. The minimum atomic E-state index is 0.112. The van der Waals surface area contributed by atoms with Crippen molar-refractivity contribution in [3.05, 3.63) is 48.7 Å². The molecule has 4 rings (SSSR count). The number of hydrogen-bond acceptors (Lipinski definition) is 5. The van der Waals surface area contributed by atoms with Crippen LogP contribution in [0.5, 0.6) is 0 Å². The Morgan fingerprint density at radius 1 is 1.23 bits per heavy atom. The highest BCUT2D eigenvalue weighted by molar-refractivity contribution is 5.76. The van der Waals surface area contributed by atoms with E-state index >= 15 is 0 Å². The molecule has 3 aromatic heterocycles. The normalized spacial score (nSPS) is 16.5. The first-order valence-corrected chi connectivity index (χ1v) is 8.83. The summed E-state index contributed by atoms with van der Waals surface area (Å²) < 4.78 is 3.94. The zero-order chi connectivity index (χ0) is 17.9. The molecule has 3 aromatic rings. The lowest BCUT2D eigenvalue weighted by Crippen LogP contribution is -2.40. The maximum Gasteiger partial charge on any atom is 0.223 e. The molecule has 0 unspecified atom stereocenters. The van der Waals surface area contributed by atoms with E-state index in [-0.39, 0.29) is 11.9 Å². The van der Waals surface area contributed by atoms with Crippen LogP contribution in [0.25, 0.3) is 11.5 Å². The first kappa shape index (κ1) is 16.4. The van der Waals surface area contributed by atoms with Crippen molar-refractivity contribution >= 4 is 5.91 Å². The number of aromatic nitrogens is 6. The second-order valence-electron chi connectivity index (χ2n) is 6.52. The minimum absolute atomic E-state index is 0.112. The Kier molecular flexibility index (Phi) is 4.47. The Hall–Kier alpha value is -3.03. The maximum atomic E-state index is 12.6. The van der Waals surface area contributed by atoms with E-state index in [9.17, 15) is 4.79 Å². The van der Waals surface area contributed by atoms with Crippen LogP contribution in [0.4, 0.5) is 0 Å². The largest absolute Gasteiger partial charge is 0.333 e. The van der Waals surface area contributed by atoms with Crippen molar-refractivity contribution in [1.29, 1.82) is 0 Å². The number of fused-ring (bicyclic) bond motifs is 1. The SMILES string of the molecule is C[C@H]1CN(C(=O)CCCn2cccn2)Cc2nnc(-c3ccccn3)n21. The van der Waals surface area contributed by atoms with E-state index in [1.54, 1.807) is 12.4 Å². The van der Waals surface area contributed by atoms with Crippen LogP contribution in [-0.2, 0) is 17.9 Å². The molecule has 0 saturated carbocycles. The molecule has 1 atom stereocenters. The van der Waals surface area contributed by atoms with E-state index in [1.165, 1.54) is 0 Å².